The van der Waals surface area contributed by atoms with E-state index in [0.717, 1.165) is 0 Å². The van der Waals surface area contributed by atoms with Crippen LogP contribution in [-0.4, -0.2) is 16.6 Å². The van der Waals surface area contributed by atoms with Crippen molar-refractivity contribution in [2.24, 2.45) is 0 Å². The monoisotopic (exact) mass is 360 g/mol. The summed E-state index contributed by atoms with van der Waals surface area (Å²) in [6.07, 6.45) is 0.0986. The molecule has 0 saturated carbocycles. The first-order valence-corrected chi connectivity index (χ1v) is 7.33. The van der Waals surface area contributed by atoms with Gasteiger partial charge in [0.05, 0.1) is 5.33 Å². The maximum Gasteiger partial charge on any atom is 0.446 e. The number of hydrogen-bond acceptors (Lipinski definition) is 2. The standard InChI is InChI=1S/C11H9BrClF3OS/c12-5-9(17)2-7-1-8(6-13)4-10(3-7)18-11(14,15)16/h1,3-4H,2,5-6H2. The Bertz CT molecular complexity index is 437. The molecule has 0 aromatic heterocycles. The summed E-state index contributed by atoms with van der Waals surface area (Å²) in [5, 5.41) is 0.180. The van der Waals surface area contributed by atoms with Crippen LogP contribution in [0.15, 0.2) is 23.1 Å². The second kappa shape index (κ2) is 6.82. The molecule has 1 nitrogen and oxygen atoms in total. The quantitative estimate of drug-likeness (QED) is 0.565. The van der Waals surface area contributed by atoms with E-state index in [1.54, 1.807) is 6.07 Å². The van der Waals surface area contributed by atoms with Gasteiger partial charge in [0.1, 0.15) is 5.78 Å². The molecule has 0 bridgehead atoms. The molecule has 0 spiro atoms. The van der Waals surface area contributed by atoms with Crippen LogP contribution in [0.2, 0.25) is 0 Å². The van der Waals surface area contributed by atoms with Crippen LogP contribution < -0.4 is 0 Å². The van der Waals surface area contributed by atoms with Gasteiger partial charge in [-0.15, -0.1) is 11.6 Å². The summed E-state index contributed by atoms with van der Waals surface area (Å²) in [7, 11) is 0. The Labute approximate surface area is 120 Å². The first kappa shape index (κ1) is 15.9. The van der Waals surface area contributed by atoms with Gasteiger partial charge in [-0.1, -0.05) is 22.0 Å². The van der Waals surface area contributed by atoms with E-state index in [1.807, 2.05) is 0 Å². The normalized spacial score (nSPS) is 11.6. The minimum Gasteiger partial charge on any atom is -0.298 e. The van der Waals surface area contributed by atoms with E-state index >= 15 is 0 Å². The molecule has 0 amide bonds. The van der Waals surface area contributed by atoms with Gasteiger partial charge in [-0.2, -0.15) is 13.2 Å². The maximum atomic E-state index is 12.3. The molecule has 7 heteroatoms. The van der Waals surface area contributed by atoms with Gasteiger partial charge in [0.15, 0.2) is 0 Å². The van der Waals surface area contributed by atoms with Crippen LogP contribution in [0.5, 0.6) is 0 Å². The lowest BCUT2D eigenvalue weighted by atomic mass is 10.1. The third-order valence-electron chi connectivity index (χ3n) is 1.96. The fourth-order valence-corrected chi connectivity index (χ4v) is 2.42. The number of Topliss-reactive ketones (excluding diaryl/α,β-unsaturated/α-hetero) is 1. The summed E-state index contributed by atoms with van der Waals surface area (Å²) in [4.78, 5) is 11.3. The Balaban J connectivity index is 2.98. The van der Waals surface area contributed by atoms with Crippen molar-refractivity contribution in [3.8, 4) is 0 Å². The van der Waals surface area contributed by atoms with Gasteiger partial charge in [0.25, 0.3) is 0 Å². The minimum absolute atomic E-state index is 0.0537. The molecule has 0 radical (unpaired) electrons. The third-order valence-corrected chi connectivity index (χ3v) is 3.60. The summed E-state index contributed by atoms with van der Waals surface area (Å²) < 4.78 is 36.9. The molecule has 0 fully saturated rings. The van der Waals surface area contributed by atoms with E-state index in [-0.39, 0.29) is 40.1 Å². The van der Waals surface area contributed by atoms with E-state index in [9.17, 15) is 18.0 Å². The first-order valence-electron chi connectivity index (χ1n) is 4.86. The molecule has 0 aliphatic carbocycles. The second-order valence-corrected chi connectivity index (χ2v) is 5.48. The average Bonchev–Trinajstić information content (AvgIpc) is 2.26. The second-order valence-electron chi connectivity index (χ2n) is 3.52. The SMILES string of the molecule is O=C(CBr)Cc1cc(CCl)cc(SC(F)(F)F)c1. The molecule has 0 unspecified atom stereocenters. The summed E-state index contributed by atoms with van der Waals surface area (Å²) in [6, 6.07) is 4.40. The molecule has 0 atom stereocenters. The van der Waals surface area contributed by atoms with Gasteiger partial charge in [-0.25, -0.2) is 0 Å². The van der Waals surface area contributed by atoms with Gasteiger partial charge in [-0.3, -0.25) is 4.79 Å². The number of thioether (sulfide) groups is 1. The van der Waals surface area contributed by atoms with Crippen LogP contribution >= 0.6 is 39.3 Å². The van der Waals surface area contributed by atoms with Crippen LogP contribution in [0.25, 0.3) is 0 Å². The Morgan fingerprint density at radius 1 is 1.28 bits per heavy atom. The highest BCUT2D eigenvalue weighted by Gasteiger charge is 2.29. The van der Waals surface area contributed by atoms with E-state index < -0.39 is 5.51 Å². The fourth-order valence-electron chi connectivity index (χ4n) is 1.38. The zero-order valence-electron chi connectivity index (χ0n) is 9.06. The highest BCUT2D eigenvalue weighted by atomic mass is 79.9. The van der Waals surface area contributed by atoms with Crippen molar-refractivity contribution < 1.29 is 18.0 Å². The van der Waals surface area contributed by atoms with Crippen LogP contribution in [0.3, 0.4) is 0 Å². The van der Waals surface area contributed by atoms with Gasteiger partial charge in [-0.05, 0) is 35.0 Å². The molecule has 1 rings (SSSR count). The minimum atomic E-state index is -4.35. The molecular formula is C11H9BrClF3OS. The number of carbonyl (C=O) groups excluding carboxylic acids is 1. The summed E-state index contributed by atoms with van der Waals surface area (Å²) in [5.74, 6) is 0.0200. The zero-order chi connectivity index (χ0) is 13.8. The van der Waals surface area contributed by atoms with Crippen molar-refractivity contribution in [1.82, 2.24) is 0 Å². The Morgan fingerprint density at radius 3 is 2.39 bits per heavy atom. The number of carbonyl (C=O) groups is 1. The van der Waals surface area contributed by atoms with Crippen LogP contribution in [0, 0.1) is 0 Å². The molecule has 0 aliphatic heterocycles. The lowest BCUT2D eigenvalue weighted by Gasteiger charge is -2.09. The molecule has 0 N–H and O–H groups in total. The third kappa shape index (κ3) is 5.63. The smallest absolute Gasteiger partial charge is 0.298 e. The Hall–Kier alpha value is -0.200. The number of rotatable bonds is 5. The lowest BCUT2D eigenvalue weighted by molar-refractivity contribution is -0.115. The predicted octanol–water partition coefficient (Wildman–Crippen LogP) is 4.54. The van der Waals surface area contributed by atoms with E-state index in [2.05, 4.69) is 15.9 Å². The molecule has 0 heterocycles. The summed E-state index contributed by atoms with van der Waals surface area (Å²) in [6.45, 7) is 0. The number of alkyl halides is 5. The average molecular weight is 362 g/mol. The Morgan fingerprint density at radius 2 is 1.89 bits per heavy atom. The molecule has 1 aromatic carbocycles. The Kier molecular flexibility index (Phi) is 6.01. The molecule has 0 saturated heterocycles. The van der Waals surface area contributed by atoms with Gasteiger partial charge in [0.2, 0.25) is 0 Å². The van der Waals surface area contributed by atoms with Crippen molar-refractivity contribution in [2.45, 2.75) is 22.7 Å². The number of ketones is 1. The molecule has 0 aliphatic rings. The first-order chi connectivity index (χ1) is 8.34. The van der Waals surface area contributed by atoms with Gasteiger partial charge in [0, 0.05) is 17.2 Å². The number of hydrogen-bond donors (Lipinski definition) is 0. The molecular weight excluding hydrogens is 353 g/mol. The topological polar surface area (TPSA) is 17.1 Å². The number of benzene rings is 1. The van der Waals surface area contributed by atoms with Gasteiger partial charge < -0.3 is 0 Å². The maximum absolute atomic E-state index is 12.3. The highest BCUT2D eigenvalue weighted by Crippen LogP contribution is 2.37. The van der Waals surface area contributed by atoms with Crippen molar-refractivity contribution in [3.05, 3.63) is 29.3 Å². The van der Waals surface area contributed by atoms with Crippen molar-refractivity contribution in [3.63, 3.8) is 0 Å². The van der Waals surface area contributed by atoms with Crippen LogP contribution in [0.4, 0.5) is 13.2 Å². The fraction of sp³-hybridized carbons (Fsp3) is 0.364. The predicted molar refractivity (Wildman–Crippen MR) is 70.4 cm³/mol. The van der Waals surface area contributed by atoms with Crippen molar-refractivity contribution in [2.75, 3.05) is 5.33 Å². The zero-order valence-corrected chi connectivity index (χ0v) is 12.2. The summed E-state index contributed by atoms with van der Waals surface area (Å²) >= 11 is 8.44. The lowest BCUT2D eigenvalue weighted by Crippen LogP contribution is -2.05. The van der Waals surface area contributed by atoms with Crippen LogP contribution in [0.1, 0.15) is 11.1 Å². The van der Waals surface area contributed by atoms with Gasteiger partial charge >= 0.3 is 5.51 Å². The number of halogens is 5. The molecule has 100 valence electrons. The summed E-state index contributed by atoms with van der Waals surface area (Å²) in [5.41, 5.74) is -3.23. The van der Waals surface area contributed by atoms with E-state index in [0.29, 0.717) is 11.1 Å². The highest BCUT2D eigenvalue weighted by molar-refractivity contribution is 9.09. The molecule has 1 aromatic rings. The van der Waals surface area contributed by atoms with Crippen LogP contribution in [-0.2, 0) is 17.1 Å². The van der Waals surface area contributed by atoms with E-state index in [1.165, 1.54) is 12.1 Å². The van der Waals surface area contributed by atoms with Crippen molar-refractivity contribution >= 4 is 45.1 Å². The van der Waals surface area contributed by atoms with E-state index in [4.69, 9.17) is 11.6 Å². The largest absolute Gasteiger partial charge is 0.446 e. The van der Waals surface area contributed by atoms with Crippen molar-refractivity contribution in [1.29, 1.82) is 0 Å². The molecule has 18 heavy (non-hydrogen) atoms.